The molecule has 3 nitrogen and oxygen atoms in total. The lowest BCUT2D eigenvalue weighted by molar-refractivity contribution is -0.128. The van der Waals surface area contributed by atoms with Crippen LogP contribution in [0.1, 0.15) is 36.0 Å². The lowest BCUT2D eigenvalue weighted by Crippen LogP contribution is -2.26. The van der Waals surface area contributed by atoms with Crippen molar-refractivity contribution in [2.45, 2.75) is 32.6 Å². The maximum absolute atomic E-state index is 11.8. The first-order chi connectivity index (χ1) is 8.06. The van der Waals surface area contributed by atoms with Gasteiger partial charge >= 0.3 is 0 Å². The van der Waals surface area contributed by atoms with Crippen molar-refractivity contribution in [1.82, 2.24) is 0 Å². The number of ketones is 2. The van der Waals surface area contributed by atoms with Gasteiger partial charge in [0.25, 0.3) is 0 Å². The fourth-order valence-electron chi connectivity index (χ4n) is 2.58. The highest BCUT2D eigenvalue weighted by molar-refractivity contribution is 6.08. The van der Waals surface area contributed by atoms with Gasteiger partial charge in [-0.15, -0.1) is 0 Å². The molecule has 90 valence electrons. The van der Waals surface area contributed by atoms with Gasteiger partial charge < -0.3 is 4.74 Å². The van der Waals surface area contributed by atoms with Gasteiger partial charge in [-0.3, -0.25) is 9.59 Å². The molecule has 0 heterocycles. The highest BCUT2D eigenvalue weighted by atomic mass is 16.5. The zero-order chi connectivity index (χ0) is 12.6. The molecule has 0 N–H and O–H groups in total. The van der Waals surface area contributed by atoms with Crippen molar-refractivity contribution in [2.75, 3.05) is 7.11 Å². The van der Waals surface area contributed by atoms with Gasteiger partial charge in [0.05, 0.1) is 7.11 Å². The number of fused-ring (bicyclic) bond motifs is 1. The fourth-order valence-corrected chi connectivity index (χ4v) is 2.58. The standard InChI is InChI=1S/C14H16O3/c1-8-4-5-10-11(14(8)17-3)6-7-12(16)13(10)9(2)15/h4-5,13H,6-7H2,1-3H3. The molecule has 1 atom stereocenters. The molecular formula is C14H16O3. The minimum absolute atomic E-state index is 0.0240. The first-order valence-corrected chi connectivity index (χ1v) is 5.75. The molecule has 0 aliphatic heterocycles. The number of carbonyl (C=O) groups is 2. The molecule has 0 fully saturated rings. The molecule has 2 rings (SSSR count). The molecule has 17 heavy (non-hydrogen) atoms. The minimum atomic E-state index is -0.590. The topological polar surface area (TPSA) is 43.4 Å². The smallest absolute Gasteiger partial charge is 0.148 e. The summed E-state index contributed by atoms with van der Waals surface area (Å²) in [6.07, 6.45) is 1.10. The van der Waals surface area contributed by atoms with Gasteiger partial charge in [0.2, 0.25) is 0 Å². The van der Waals surface area contributed by atoms with Crippen LogP contribution < -0.4 is 4.74 Å². The maximum Gasteiger partial charge on any atom is 0.148 e. The van der Waals surface area contributed by atoms with Crippen LogP contribution >= 0.6 is 0 Å². The molecule has 0 radical (unpaired) electrons. The number of hydrogen-bond acceptors (Lipinski definition) is 3. The predicted molar refractivity (Wildman–Crippen MR) is 64.5 cm³/mol. The summed E-state index contributed by atoms with van der Waals surface area (Å²) in [6.45, 7) is 3.45. The van der Waals surface area contributed by atoms with Crippen molar-refractivity contribution in [2.24, 2.45) is 0 Å². The third-order valence-electron chi connectivity index (χ3n) is 3.36. The normalized spacial score (nSPS) is 18.8. The van der Waals surface area contributed by atoms with E-state index in [0.717, 1.165) is 22.4 Å². The zero-order valence-electron chi connectivity index (χ0n) is 10.4. The molecule has 1 aliphatic carbocycles. The van der Waals surface area contributed by atoms with E-state index in [1.54, 1.807) is 7.11 Å². The van der Waals surface area contributed by atoms with Crippen LogP contribution in [-0.2, 0) is 16.0 Å². The second kappa shape index (κ2) is 4.32. The van der Waals surface area contributed by atoms with E-state index in [2.05, 4.69) is 0 Å². The van der Waals surface area contributed by atoms with Crippen molar-refractivity contribution >= 4 is 11.6 Å². The molecule has 0 saturated carbocycles. The van der Waals surface area contributed by atoms with Crippen molar-refractivity contribution in [3.05, 3.63) is 28.8 Å². The van der Waals surface area contributed by atoms with Crippen LogP contribution in [0.25, 0.3) is 0 Å². The second-order valence-electron chi connectivity index (χ2n) is 4.49. The Labute approximate surface area is 101 Å². The first-order valence-electron chi connectivity index (χ1n) is 5.75. The van der Waals surface area contributed by atoms with Crippen LogP contribution in [0, 0.1) is 6.92 Å². The van der Waals surface area contributed by atoms with E-state index in [4.69, 9.17) is 4.74 Å². The SMILES string of the molecule is COc1c(C)ccc2c1CCC(=O)C2C(C)=O. The number of aryl methyl sites for hydroxylation is 1. The van der Waals surface area contributed by atoms with Crippen molar-refractivity contribution < 1.29 is 14.3 Å². The van der Waals surface area contributed by atoms with E-state index in [9.17, 15) is 9.59 Å². The molecule has 1 aromatic carbocycles. The molecular weight excluding hydrogens is 216 g/mol. The van der Waals surface area contributed by atoms with Gasteiger partial charge in [-0.25, -0.2) is 0 Å². The van der Waals surface area contributed by atoms with Crippen LogP contribution in [0.2, 0.25) is 0 Å². The van der Waals surface area contributed by atoms with Gasteiger partial charge in [-0.1, -0.05) is 12.1 Å². The van der Waals surface area contributed by atoms with Gasteiger partial charge in [0.1, 0.15) is 23.2 Å². The second-order valence-corrected chi connectivity index (χ2v) is 4.49. The van der Waals surface area contributed by atoms with Gasteiger partial charge in [0.15, 0.2) is 0 Å². The van der Waals surface area contributed by atoms with Gasteiger partial charge in [-0.05, 0) is 37.0 Å². The Morgan fingerprint density at radius 2 is 2.06 bits per heavy atom. The molecule has 1 aromatic rings. The minimum Gasteiger partial charge on any atom is -0.496 e. The summed E-state index contributed by atoms with van der Waals surface area (Å²) in [6, 6.07) is 3.79. The summed E-state index contributed by atoms with van der Waals surface area (Å²) in [5, 5.41) is 0. The highest BCUT2D eigenvalue weighted by Gasteiger charge is 2.32. The van der Waals surface area contributed by atoms with Crippen LogP contribution in [-0.4, -0.2) is 18.7 Å². The van der Waals surface area contributed by atoms with Gasteiger partial charge in [0, 0.05) is 6.42 Å². The molecule has 0 spiro atoms. The molecule has 0 aromatic heterocycles. The number of benzene rings is 1. The predicted octanol–water partition coefficient (Wildman–Crippen LogP) is 2.19. The van der Waals surface area contributed by atoms with Crippen LogP contribution in [0.5, 0.6) is 5.75 Å². The summed E-state index contributed by atoms with van der Waals surface area (Å²) < 4.78 is 5.38. The number of methoxy groups -OCH3 is 1. The van der Waals surface area contributed by atoms with Crippen molar-refractivity contribution in [3.63, 3.8) is 0 Å². The Morgan fingerprint density at radius 3 is 2.65 bits per heavy atom. The largest absolute Gasteiger partial charge is 0.496 e. The van der Waals surface area contributed by atoms with E-state index in [0.29, 0.717) is 12.8 Å². The lowest BCUT2D eigenvalue weighted by atomic mass is 9.79. The summed E-state index contributed by atoms with van der Waals surface area (Å²) in [5.74, 6) is 0.173. The highest BCUT2D eigenvalue weighted by Crippen LogP contribution is 2.37. The third-order valence-corrected chi connectivity index (χ3v) is 3.36. The average molecular weight is 232 g/mol. The van der Waals surface area contributed by atoms with Crippen LogP contribution in [0.15, 0.2) is 12.1 Å². The first kappa shape index (κ1) is 11.8. The number of Topliss-reactive ketones (excluding diaryl/α,β-unsaturated/α-hetero) is 2. The molecule has 1 unspecified atom stereocenters. The number of rotatable bonds is 2. The molecule has 0 bridgehead atoms. The quantitative estimate of drug-likeness (QED) is 0.734. The zero-order valence-corrected chi connectivity index (χ0v) is 10.4. The van der Waals surface area contributed by atoms with E-state index in [1.165, 1.54) is 6.92 Å². The summed E-state index contributed by atoms with van der Waals surface area (Å²) >= 11 is 0. The monoisotopic (exact) mass is 232 g/mol. The summed E-state index contributed by atoms with van der Waals surface area (Å²) in [4.78, 5) is 23.4. The summed E-state index contributed by atoms with van der Waals surface area (Å²) in [5.41, 5.74) is 2.89. The Hall–Kier alpha value is -1.64. The number of ether oxygens (including phenoxy) is 1. The Morgan fingerprint density at radius 1 is 1.35 bits per heavy atom. The van der Waals surface area contributed by atoms with E-state index < -0.39 is 5.92 Å². The number of carbonyl (C=O) groups excluding carboxylic acids is 2. The molecule has 1 aliphatic rings. The van der Waals surface area contributed by atoms with Gasteiger partial charge in [-0.2, -0.15) is 0 Å². The molecule has 3 heteroatoms. The van der Waals surface area contributed by atoms with E-state index in [1.807, 2.05) is 19.1 Å². The average Bonchev–Trinajstić information content (AvgIpc) is 2.28. The van der Waals surface area contributed by atoms with E-state index >= 15 is 0 Å². The maximum atomic E-state index is 11.8. The fraction of sp³-hybridized carbons (Fsp3) is 0.429. The van der Waals surface area contributed by atoms with Crippen molar-refractivity contribution in [1.29, 1.82) is 0 Å². The molecule has 0 saturated heterocycles. The van der Waals surface area contributed by atoms with Crippen LogP contribution in [0.3, 0.4) is 0 Å². The number of hydrogen-bond donors (Lipinski definition) is 0. The Balaban J connectivity index is 2.62. The van der Waals surface area contributed by atoms with E-state index in [-0.39, 0.29) is 11.6 Å². The van der Waals surface area contributed by atoms with Crippen molar-refractivity contribution in [3.8, 4) is 5.75 Å². The Kier molecular flexibility index (Phi) is 3.01. The summed E-state index contributed by atoms with van der Waals surface area (Å²) in [7, 11) is 1.63. The lowest BCUT2D eigenvalue weighted by Gasteiger charge is -2.25. The Bertz CT molecular complexity index is 488. The van der Waals surface area contributed by atoms with Crippen LogP contribution in [0.4, 0.5) is 0 Å². The molecule has 0 amide bonds. The third kappa shape index (κ3) is 1.86.